The van der Waals surface area contributed by atoms with Crippen molar-refractivity contribution in [1.29, 1.82) is 0 Å². The topological polar surface area (TPSA) is 81.1 Å². The number of amides is 1. The summed E-state index contributed by atoms with van der Waals surface area (Å²) in [7, 11) is 0. The van der Waals surface area contributed by atoms with Crippen molar-refractivity contribution in [2.24, 2.45) is 5.73 Å². The maximum absolute atomic E-state index is 11.5. The zero-order valence-corrected chi connectivity index (χ0v) is 11.3. The fourth-order valence-electron chi connectivity index (χ4n) is 2.30. The van der Waals surface area contributed by atoms with Crippen molar-refractivity contribution in [3.63, 3.8) is 0 Å². The van der Waals surface area contributed by atoms with Gasteiger partial charge >= 0.3 is 0 Å². The largest absolute Gasteiger partial charge is 0.399 e. The summed E-state index contributed by atoms with van der Waals surface area (Å²) in [6.45, 7) is 0. The van der Waals surface area contributed by atoms with Crippen molar-refractivity contribution < 1.29 is 4.79 Å². The number of hydrogen-bond donors (Lipinski definition) is 3. The maximum atomic E-state index is 11.5. The molecule has 0 saturated carbocycles. The molecule has 0 saturated heterocycles. The molecule has 0 aliphatic heterocycles. The molecule has 104 valence electrons. The van der Waals surface area contributed by atoms with E-state index in [0.29, 0.717) is 16.9 Å². The summed E-state index contributed by atoms with van der Waals surface area (Å²) in [5.41, 5.74) is 13.6. The Morgan fingerprint density at radius 2 is 1.67 bits per heavy atom. The summed E-state index contributed by atoms with van der Waals surface area (Å²) in [4.78, 5) is 11.5. The number of nitrogens with two attached hydrogens (primary N) is 2. The molecule has 0 radical (unpaired) electrons. The van der Waals surface area contributed by atoms with Crippen molar-refractivity contribution in [3.05, 3.63) is 66.2 Å². The number of nitrogen functional groups attached to an aromatic ring is 1. The van der Waals surface area contributed by atoms with Crippen molar-refractivity contribution in [1.82, 2.24) is 0 Å². The van der Waals surface area contributed by atoms with E-state index in [9.17, 15) is 4.79 Å². The van der Waals surface area contributed by atoms with E-state index in [-0.39, 0.29) is 0 Å². The van der Waals surface area contributed by atoms with Gasteiger partial charge in [0.15, 0.2) is 0 Å². The van der Waals surface area contributed by atoms with E-state index in [1.807, 2.05) is 36.4 Å². The molecular weight excluding hydrogens is 262 g/mol. The highest BCUT2D eigenvalue weighted by Crippen LogP contribution is 2.26. The third-order valence-electron chi connectivity index (χ3n) is 3.34. The molecule has 4 nitrogen and oxygen atoms in total. The Kier molecular flexibility index (Phi) is 3.20. The van der Waals surface area contributed by atoms with Crippen LogP contribution in [0.1, 0.15) is 10.4 Å². The molecule has 4 heteroatoms. The molecule has 3 aromatic carbocycles. The molecule has 3 rings (SSSR count). The molecular formula is C17H15N3O. The molecule has 0 aliphatic carbocycles. The quantitative estimate of drug-likeness (QED) is 0.643. The first-order valence-corrected chi connectivity index (χ1v) is 6.58. The van der Waals surface area contributed by atoms with Crippen LogP contribution in [0.3, 0.4) is 0 Å². The lowest BCUT2D eigenvalue weighted by atomic mass is 10.1. The first-order valence-electron chi connectivity index (χ1n) is 6.58. The Labute approximate surface area is 122 Å². The minimum Gasteiger partial charge on any atom is -0.399 e. The number of nitrogens with one attached hydrogen (secondary N) is 1. The first kappa shape index (κ1) is 13.0. The third-order valence-corrected chi connectivity index (χ3v) is 3.34. The number of hydrogen-bond acceptors (Lipinski definition) is 3. The van der Waals surface area contributed by atoms with Crippen molar-refractivity contribution >= 4 is 33.7 Å². The van der Waals surface area contributed by atoms with Crippen LogP contribution >= 0.6 is 0 Å². The SMILES string of the molecule is NC(=O)c1ccc(N)cc1Nc1ccc2ccccc2c1. The van der Waals surface area contributed by atoms with Crippen molar-refractivity contribution in [2.45, 2.75) is 0 Å². The van der Waals surface area contributed by atoms with Gasteiger partial charge in [-0.15, -0.1) is 0 Å². The first-order chi connectivity index (χ1) is 10.1. The van der Waals surface area contributed by atoms with Gasteiger partial charge in [0.25, 0.3) is 5.91 Å². The predicted octanol–water partition coefficient (Wildman–Crippen LogP) is 3.26. The molecule has 0 unspecified atom stereocenters. The van der Waals surface area contributed by atoms with Crippen LogP contribution in [0.25, 0.3) is 10.8 Å². The standard InChI is InChI=1S/C17H15N3O/c18-13-6-8-15(17(19)21)16(10-13)20-14-7-5-11-3-1-2-4-12(11)9-14/h1-10,20H,18H2,(H2,19,21). The summed E-state index contributed by atoms with van der Waals surface area (Å²) in [6, 6.07) is 19.1. The number of primary amides is 1. The predicted molar refractivity (Wildman–Crippen MR) is 86.6 cm³/mol. The van der Waals surface area contributed by atoms with Gasteiger partial charge in [-0.25, -0.2) is 0 Å². The lowest BCUT2D eigenvalue weighted by Crippen LogP contribution is -2.13. The third kappa shape index (κ3) is 2.65. The van der Waals surface area contributed by atoms with Crippen molar-refractivity contribution in [3.8, 4) is 0 Å². The molecule has 0 fully saturated rings. The maximum Gasteiger partial charge on any atom is 0.250 e. The second kappa shape index (κ2) is 5.17. The average Bonchev–Trinajstić information content (AvgIpc) is 2.47. The fraction of sp³-hybridized carbons (Fsp3) is 0. The molecule has 0 bridgehead atoms. The minimum atomic E-state index is -0.488. The number of rotatable bonds is 3. The van der Waals surface area contributed by atoms with Crippen LogP contribution in [0.15, 0.2) is 60.7 Å². The smallest absolute Gasteiger partial charge is 0.250 e. The molecule has 0 heterocycles. The lowest BCUT2D eigenvalue weighted by Gasteiger charge is -2.11. The molecule has 3 aromatic rings. The Hall–Kier alpha value is -3.01. The van der Waals surface area contributed by atoms with E-state index in [2.05, 4.69) is 11.4 Å². The highest BCUT2D eigenvalue weighted by molar-refractivity contribution is 6.00. The number of anilines is 3. The molecule has 5 N–H and O–H groups in total. The van der Waals surface area contributed by atoms with E-state index in [4.69, 9.17) is 11.5 Å². The van der Waals surface area contributed by atoms with Gasteiger partial charge in [0.1, 0.15) is 0 Å². The van der Waals surface area contributed by atoms with E-state index in [0.717, 1.165) is 16.5 Å². The Bertz CT molecular complexity index is 827. The monoisotopic (exact) mass is 277 g/mol. The molecule has 0 spiro atoms. The van der Waals surface area contributed by atoms with Gasteiger partial charge in [0.05, 0.1) is 11.3 Å². The van der Waals surface area contributed by atoms with Crippen LogP contribution in [-0.4, -0.2) is 5.91 Å². The molecule has 0 aromatic heterocycles. The van der Waals surface area contributed by atoms with Crippen LogP contribution in [0, 0.1) is 0 Å². The molecule has 0 atom stereocenters. The van der Waals surface area contributed by atoms with Crippen LogP contribution in [0.2, 0.25) is 0 Å². The Morgan fingerprint density at radius 3 is 2.43 bits per heavy atom. The summed E-state index contributed by atoms with van der Waals surface area (Å²) >= 11 is 0. The van der Waals surface area contributed by atoms with Gasteiger partial charge in [-0.1, -0.05) is 30.3 Å². The molecule has 1 amide bonds. The number of carbonyl (C=O) groups is 1. The normalized spacial score (nSPS) is 10.5. The van der Waals surface area contributed by atoms with E-state index in [1.165, 1.54) is 0 Å². The van der Waals surface area contributed by atoms with Crippen LogP contribution in [-0.2, 0) is 0 Å². The van der Waals surface area contributed by atoms with Crippen LogP contribution in [0.4, 0.5) is 17.1 Å². The fourth-order valence-corrected chi connectivity index (χ4v) is 2.30. The van der Waals surface area contributed by atoms with Gasteiger partial charge in [0, 0.05) is 11.4 Å². The number of fused-ring (bicyclic) bond motifs is 1. The second-order valence-electron chi connectivity index (χ2n) is 4.86. The highest BCUT2D eigenvalue weighted by atomic mass is 16.1. The number of benzene rings is 3. The van der Waals surface area contributed by atoms with Crippen molar-refractivity contribution in [2.75, 3.05) is 11.1 Å². The zero-order valence-electron chi connectivity index (χ0n) is 11.3. The molecule has 21 heavy (non-hydrogen) atoms. The summed E-state index contributed by atoms with van der Waals surface area (Å²) in [5.74, 6) is -0.488. The number of carbonyl (C=O) groups excluding carboxylic acids is 1. The minimum absolute atomic E-state index is 0.414. The van der Waals surface area contributed by atoms with E-state index >= 15 is 0 Å². The van der Waals surface area contributed by atoms with Crippen LogP contribution < -0.4 is 16.8 Å². The van der Waals surface area contributed by atoms with Gasteiger partial charge in [-0.3, -0.25) is 4.79 Å². The summed E-state index contributed by atoms with van der Waals surface area (Å²) in [6.07, 6.45) is 0. The van der Waals surface area contributed by atoms with E-state index < -0.39 is 5.91 Å². The Balaban J connectivity index is 2.02. The van der Waals surface area contributed by atoms with Gasteiger partial charge in [-0.05, 0) is 41.1 Å². The summed E-state index contributed by atoms with van der Waals surface area (Å²) in [5, 5.41) is 5.48. The van der Waals surface area contributed by atoms with Gasteiger partial charge < -0.3 is 16.8 Å². The summed E-state index contributed by atoms with van der Waals surface area (Å²) < 4.78 is 0. The molecule has 0 aliphatic rings. The Morgan fingerprint density at radius 1 is 0.905 bits per heavy atom. The van der Waals surface area contributed by atoms with Crippen LogP contribution in [0.5, 0.6) is 0 Å². The average molecular weight is 277 g/mol. The van der Waals surface area contributed by atoms with E-state index in [1.54, 1.807) is 18.2 Å². The highest BCUT2D eigenvalue weighted by Gasteiger charge is 2.09. The zero-order chi connectivity index (χ0) is 14.8. The van der Waals surface area contributed by atoms with Gasteiger partial charge in [0.2, 0.25) is 0 Å². The lowest BCUT2D eigenvalue weighted by molar-refractivity contribution is 0.100. The second-order valence-corrected chi connectivity index (χ2v) is 4.86. The van der Waals surface area contributed by atoms with Gasteiger partial charge in [-0.2, -0.15) is 0 Å².